The van der Waals surface area contributed by atoms with Crippen LogP contribution in [0.15, 0.2) is 47.3 Å². The van der Waals surface area contributed by atoms with Crippen LogP contribution in [-0.4, -0.2) is 23.1 Å². The van der Waals surface area contributed by atoms with E-state index in [4.69, 9.17) is 4.74 Å². The molecule has 27 heavy (non-hydrogen) atoms. The van der Waals surface area contributed by atoms with E-state index < -0.39 is 6.10 Å². The highest BCUT2D eigenvalue weighted by atomic mass is 32.1. The second kappa shape index (κ2) is 7.16. The minimum Gasteiger partial charge on any atom is -0.495 e. The average Bonchev–Trinajstić information content (AvgIpc) is 3.40. The number of aliphatic hydroxyl groups excluding tert-OH is 1. The molecule has 3 heterocycles. The summed E-state index contributed by atoms with van der Waals surface area (Å²) in [4.78, 5) is 15.6. The largest absolute Gasteiger partial charge is 0.495 e. The number of amides is 1. The van der Waals surface area contributed by atoms with E-state index in [1.807, 2.05) is 35.0 Å². The minimum absolute atomic E-state index is 0.200. The summed E-state index contributed by atoms with van der Waals surface area (Å²) in [7, 11) is 1.58. The summed E-state index contributed by atoms with van der Waals surface area (Å²) in [6.07, 6.45) is 2.63. The molecule has 1 amide bonds. The van der Waals surface area contributed by atoms with Gasteiger partial charge in [-0.15, -0.1) is 0 Å². The first kappa shape index (κ1) is 17.2. The van der Waals surface area contributed by atoms with Crippen LogP contribution in [0.2, 0.25) is 0 Å². The maximum atomic E-state index is 12.5. The fourth-order valence-electron chi connectivity index (χ4n) is 2.95. The monoisotopic (exact) mass is 376 g/mol. The second-order valence-electron chi connectivity index (χ2n) is 5.93. The van der Waals surface area contributed by atoms with E-state index in [0.717, 1.165) is 11.1 Å². The third kappa shape index (κ3) is 3.26. The maximum Gasteiger partial charge on any atom is 0.256 e. The molecule has 0 bridgehead atoms. The molecular weight excluding hydrogens is 360 g/mol. The number of nitrogens with one attached hydrogen (secondary N) is 2. The van der Waals surface area contributed by atoms with Crippen LogP contribution in [0.3, 0.4) is 0 Å². The minimum atomic E-state index is -0.867. The number of aromatic nitrogens is 1. The number of ether oxygens (including phenoxy) is 1. The number of carbonyl (C=O) groups excluding carboxylic acids is 1. The van der Waals surface area contributed by atoms with Crippen molar-refractivity contribution in [3.8, 4) is 17.6 Å². The molecule has 3 N–H and O–H groups in total. The van der Waals surface area contributed by atoms with Gasteiger partial charge in [0, 0.05) is 22.9 Å². The summed E-state index contributed by atoms with van der Waals surface area (Å²) >= 11 is 1.51. The number of carbonyl (C=O) groups is 1. The molecule has 2 aromatic heterocycles. The molecule has 0 fully saturated rings. The van der Waals surface area contributed by atoms with Gasteiger partial charge in [-0.1, -0.05) is 17.9 Å². The molecule has 1 aromatic carbocycles. The third-order valence-electron chi connectivity index (χ3n) is 4.28. The van der Waals surface area contributed by atoms with Gasteiger partial charge < -0.3 is 20.1 Å². The van der Waals surface area contributed by atoms with Gasteiger partial charge >= 0.3 is 0 Å². The van der Waals surface area contributed by atoms with E-state index >= 15 is 0 Å². The number of thiophene rings is 1. The Balaban J connectivity index is 1.76. The Morgan fingerprint density at radius 3 is 2.96 bits per heavy atom. The van der Waals surface area contributed by atoms with E-state index in [1.165, 1.54) is 11.3 Å². The van der Waals surface area contributed by atoms with Gasteiger partial charge in [-0.3, -0.25) is 4.79 Å². The number of aliphatic hydroxyl groups is 1. The van der Waals surface area contributed by atoms with E-state index in [-0.39, 0.29) is 5.91 Å². The van der Waals surface area contributed by atoms with Crippen molar-refractivity contribution in [1.82, 2.24) is 4.98 Å². The number of benzene rings is 1. The first-order chi connectivity index (χ1) is 13.2. The highest BCUT2D eigenvalue weighted by Crippen LogP contribution is 2.36. The molecule has 1 aliphatic heterocycles. The molecule has 0 saturated carbocycles. The first-order valence-electron chi connectivity index (χ1n) is 8.27. The van der Waals surface area contributed by atoms with Crippen molar-refractivity contribution in [3.05, 3.63) is 69.7 Å². The van der Waals surface area contributed by atoms with Gasteiger partial charge in [0.1, 0.15) is 11.9 Å². The van der Waals surface area contributed by atoms with Crippen molar-refractivity contribution in [1.29, 1.82) is 0 Å². The van der Waals surface area contributed by atoms with E-state index in [2.05, 4.69) is 22.1 Å². The zero-order valence-corrected chi connectivity index (χ0v) is 15.3. The number of anilines is 1. The smallest absolute Gasteiger partial charge is 0.256 e. The molecule has 0 saturated heterocycles. The topological polar surface area (TPSA) is 74.4 Å². The summed E-state index contributed by atoms with van der Waals surface area (Å²) < 4.78 is 5.30. The standard InChI is InChI=1S/C21H16N2O3S/c1-26-19-7-9-22-17(19)11-15-20-13(3-2-4-16(20)23-21(15)25)5-6-18(24)14-8-10-27-12-14/h2-4,7-12,18,22,24H,1H3,(H,23,25). The summed E-state index contributed by atoms with van der Waals surface area (Å²) in [6.45, 7) is 0. The van der Waals surface area contributed by atoms with Crippen molar-refractivity contribution in [3.63, 3.8) is 0 Å². The van der Waals surface area contributed by atoms with E-state index in [1.54, 1.807) is 25.4 Å². The van der Waals surface area contributed by atoms with Crippen molar-refractivity contribution in [2.45, 2.75) is 6.10 Å². The Morgan fingerprint density at radius 2 is 2.19 bits per heavy atom. The second-order valence-corrected chi connectivity index (χ2v) is 6.71. The van der Waals surface area contributed by atoms with Gasteiger partial charge in [-0.25, -0.2) is 0 Å². The SMILES string of the molecule is COc1cc[nH]c1C=C1C(=O)Nc2cccc(C#CC(O)c3ccsc3)c21. The van der Waals surface area contributed by atoms with Gasteiger partial charge in [0.25, 0.3) is 5.91 Å². The van der Waals surface area contributed by atoms with Crippen LogP contribution in [0.4, 0.5) is 5.69 Å². The zero-order valence-electron chi connectivity index (χ0n) is 14.4. The Bertz CT molecular complexity index is 1080. The Labute approximate surface area is 160 Å². The Hall–Kier alpha value is -3.27. The predicted molar refractivity (Wildman–Crippen MR) is 106 cm³/mol. The van der Waals surface area contributed by atoms with Crippen molar-refractivity contribution >= 4 is 34.6 Å². The fraction of sp³-hybridized carbons (Fsp3) is 0.0952. The molecule has 1 unspecified atom stereocenters. The highest BCUT2D eigenvalue weighted by Gasteiger charge is 2.27. The molecule has 0 aliphatic carbocycles. The number of rotatable bonds is 3. The lowest BCUT2D eigenvalue weighted by Crippen LogP contribution is -2.03. The number of hydrogen-bond donors (Lipinski definition) is 3. The van der Waals surface area contributed by atoms with Gasteiger partial charge in [0.15, 0.2) is 0 Å². The molecule has 1 atom stereocenters. The lowest BCUT2D eigenvalue weighted by Gasteiger charge is -2.04. The van der Waals surface area contributed by atoms with Gasteiger partial charge in [0.05, 0.1) is 24.1 Å². The molecule has 1 aliphatic rings. The molecule has 0 radical (unpaired) electrons. The first-order valence-corrected chi connectivity index (χ1v) is 9.21. The van der Waals surface area contributed by atoms with Crippen LogP contribution in [0.1, 0.15) is 28.5 Å². The van der Waals surface area contributed by atoms with Crippen LogP contribution < -0.4 is 10.1 Å². The maximum absolute atomic E-state index is 12.5. The molecule has 4 rings (SSSR count). The van der Waals surface area contributed by atoms with Gasteiger partial charge in [0.2, 0.25) is 0 Å². The molecule has 0 spiro atoms. The van der Waals surface area contributed by atoms with Crippen LogP contribution in [0.25, 0.3) is 11.6 Å². The average molecular weight is 376 g/mol. The lowest BCUT2D eigenvalue weighted by molar-refractivity contribution is -0.110. The molecular formula is C21H16N2O3S. The summed E-state index contributed by atoms with van der Waals surface area (Å²) in [5, 5.41) is 16.8. The molecule has 3 aromatic rings. The molecule has 6 heteroatoms. The van der Waals surface area contributed by atoms with Crippen molar-refractivity contribution in [2.24, 2.45) is 0 Å². The predicted octanol–water partition coefficient (Wildman–Crippen LogP) is 3.66. The number of aromatic amines is 1. The van der Waals surface area contributed by atoms with E-state index in [9.17, 15) is 9.90 Å². The number of fused-ring (bicyclic) bond motifs is 1. The quantitative estimate of drug-likeness (QED) is 0.482. The van der Waals surface area contributed by atoms with Crippen LogP contribution in [-0.2, 0) is 4.79 Å². The summed E-state index contributed by atoms with van der Waals surface area (Å²) in [5.41, 5.74) is 4.08. The summed E-state index contributed by atoms with van der Waals surface area (Å²) in [5.74, 6) is 6.34. The molecule has 134 valence electrons. The van der Waals surface area contributed by atoms with Crippen LogP contribution in [0, 0.1) is 11.8 Å². The molecule has 5 nitrogen and oxygen atoms in total. The van der Waals surface area contributed by atoms with E-state index in [0.29, 0.717) is 28.3 Å². The number of methoxy groups -OCH3 is 1. The van der Waals surface area contributed by atoms with Crippen LogP contribution >= 0.6 is 11.3 Å². The third-order valence-corrected chi connectivity index (χ3v) is 4.98. The van der Waals surface area contributed by atoms with Crippen molar-refractivity contribution < 1.29 is 14.6 Å². The fourth-order valence-corrected chi connectivity index (χ4v) is 3.63. The van der Waals surface area contributed by atoms with Crippen molar-refractivity contribution in [2.75, 3.05) is 12.4 Å². The zero-order chi connectivity index (χ0) is 18.8. The highest BCUT2D eigenvalue weighted by molar-refractivity contribution is 7.08. The number of H-pyrrole nitrogens is 1. The summed E-state index contributed by atoms with van der Waals surface area (Å²) in [6, 6.07) is 9.14. The van der Waals surface area contributed by atoms with Crippen LogP contribution in [0.5, 0.6) is 5.75 Å². The Kier molecular flexibility index (Phi) is 4.55. The van der Waals surface area contributed by atoms with Gasteiger partial charge in [-0.05, 0) is 41.1 Å². The Morgan fingerprint density at radius 1 is 1.30 bits per heavy atom. The van der Waals surface area contributed by atoms with Gasteiger partial charge in [-0.2, -0.15) is 11.3 Å². The normalized spacial score (nSPS) is 15.0. The number of hydrogen-bond acceptors (Lipinski definition) is 4. The lowest BCUT2D eigenvalue weighted by atomic mass is 9.99.